The summed E-state index contributed by atoms with van der Waals surface area (Å²) >= 11 is 0. The van der Waals surface area contributed by atoms with Crippen molar-refractivity contribution in [2.24, 2.45) is 0 Å². The van der Waals surface area contributed by atoms with Crippen molar-refractivity contribution in [3.63, 3.8) is 0 Å². The first kappa shape index (κ1) is 29.8. The Morgan fingerprint density at radius 2 is 0.907 bits per heavy atom. The summed E-state index contributed by atoms with van der Waals surface area (Å²) in [6.45, 7) is 4.78. The summed E-state index contributed by atoms with van der Waals surface area (Å²) in [5, 5.41) is 10.3. The Morgan fingerprint density at radius 1 is 0.333 bits per heavy atom. The van der Waals surface area contributed by atoms with Crippen molar-refractivity contribution < 1.29 is 4.74 Å². The van der Waals surface area contributed by atoms with E-state index < -0.39 is 0 Å². The quantitative estimate of drug-likeness (QED) is 0.168. The molecule has 0 atom stereocenters. The number of hydrogen-bond acceptors (Lipinski definition) is 1. The zero-order valence-corrected chi connectivity index (χ0v) is 30.1. The van der Waals surface area contributed by atoms with Gasteiger partial charge in [-0.05, 0) is 129 Å². The summed E-state index contributed by atoms with van der Waals surface area (Å²) in [4.78, 5) is 0. The fourth-order valence-corrected chi connectivity index (χ4v) is 9.75. The molecule has 1 heterocycles. The van der Waals surface area contributed by atoms with Crippen LogP contribution in [0.5, 0.6) is 11.5 Å². The van der Waals surface area contributed by atoms with Crippen LogP contribution in [0.1, 0.15) is 25.0 Å². The summed E-state index contributed by atoms with van der Waals surface area (Å²) < 4.78 is 6.59. The Kier molecular flexibility index (Phi) is 5.90. The van der Waals surface area contributed by atoms with Gasteiger partial charge in [-0.15, -0.1) is 0 Å². The van der Waals surface area contributed by atoms with Gasteiger partial charge in [0, 0.05) is 16.4 Å². The maximum absolute atomic E-state index is 6.59. The van der Waals surface area contributed by atoms with Crippen molar-refractivity contribution >= 4 is 43.1 Å². The minimum Gasteiger partial charge on any atom is -0.456 e. The van der Waals surface area contributed by atoms with Gasteiger partial charge in [-0.1, -0.05) is 153 Å². The van der Waals surface area contributed by atoms with Gasteiger partial charge in [-0.25, -0.2) is 0 Å². The Bertz CT molecular complexity index is 3190. The smallest absolute Gasteiger partial charge is 0.135 e. The molecule has 0 aromatic heterocycles. The molecule has 0 radical (unpaired) electrons. The molecule has 0 saturated heterocycles. The summed E-state index contributed by atoms with van der Waals surface area (Å²) in [5.74, 6) is 1.82. The lowest BCUT2D eigenvalue weighted by Crippen LogP contribution is -2.15. The molecule has 0 spiro atoms. The standard InChI is InChI=1S/C53H34O/c1-53(2)46-29-36(38-21-16-34-15-14-32-10-6-11-33-17-24-44(38)51(34)50(32)33)18-22-40(46)41-23-19-37(30-47(41)53)39-25-27-49-52-42(39)12-7-13-43(52)45-28-35(20-26-48(45)54-49)31-8-4-3-5-9-31/h3-30H,1-2H3. The van der Waals surface area contributed by atoms with E-state index in [4.69, 9.17) is 4.74 Å². The lowest BCUT2D eigenvalue weighted by Gasteiger charge is -2.24. The normalized spacial score (nSPS) is 13.7. The van der Waals surface area contributed by atoms with Gasteiger partial charge in [0.1, 0.15) is 11.5 Å². The zero-order chi connectivity index (χ0) is 35.7. The lowest BCUT2D eigenvalue weighted by molar-refractivity contribution is 0.487. The number of hydrogen-bond donors (Lipinski definition) is 0. The maximum Gasteiger partial charge on any atom is 0.135 e. The highest BCUT2D eigenvalue weighted by atomic mass is 16.5. The molecule has 0 bridgehead atoms. The van der Waals surface area contributed by atoms with Crippen LogP contribution in [0.25, 0.3) is 98.7 Å². The predicted molar refractivity (Wildman–Crippen MR) is 227 cm³/mol. The molecule has 1 aliphatic heterocycles. The molecule has 0 fully saturated rings. The van der Waals surface area contributed by atoms with Gasteiger partial charge in [0.2, 0.25) is 0 Å². The topological polar surface area (TPSA) is 9.23 Å². The van der Waals surface area contributed by atoms with Gasteiger partial charge in [0.25, 0.3) is 0 Å². The fourth-order valence-electron chi connectivity index (χ4n) is 9.75. The SMILES string of the molecule is CC1(C)c2cc(-c3ccc4c5c(cccc35)-c3cc(-c5ccccc5)ccc3O4)ccc2-c2ccc(-c3ccc4ccc5cccc6ccc3c4c56)cc21. The molecule has 0 N–H and O–H groups in total. The van der Waals surface area contributed by atoms with Crippen molar-refractivity contribution in [1.29, 1.82) is 0 Å². The maximum atomic E-state index is 6.59. The van der Waals surface area contributed by atoms with Crippen LogP contribution in [0.2, 0.25) is 0 Å². The van der Waals surface area contributed by atoms with Crippen LogP contribution in [0.3, 0.4) is 0 Å². The van der Waals surface area contributed by atoms with Crippen molar-refractivity contribution in [2.45, 2.75) is 19.3 Å². The van der Waals surface area contributed by atoms with E-state index in [0.717, 1.165) is 17.1 Å². The van der Waals surface area contributed by atoms with Crippen LogP contribution in [-0.4, -0.2) is 0 Å². The Hall–Kier alpha value is -6.70. The fraction of sp³-hybridized carbons (Fsp3) is 0.0566. The van der Waals surface area contributed by atoms with E-state index in [9.17, 15) is 0 Å². The average molecular weight is 687 g/mol. The van der Waals surface area contributed by atoms with Gasteiger partial charge < -0.3 is 4.74 Å². The highest BCUT2D eigenvalue weighted by Crippen LogP contribution is 2.53. The first-order chi connectivity index (χ1) is 26.5. The van der Waals surface area contributed by atoms with Crippen molar-refractivity contribution in [2.75, 3.05) is 0 Å². The molecule has 1 nitrogen and oxygen atoms in total. The molecular formula is C53H34O. The number of rotatable bonds is 3. The van der Waals surface area contributed by atoms with E-state index in [1.54, 1.807) is 0 Å². The van der Waals surface area contributed by atoms with E-state index in [1.807, 2.05) is 0 Å². The van der Waals surface area contributed by atoms with Crippen molar-refractivity contribution in [3.05, 3.63) is 181 Å². The molecule has 10 aromatic carbocycles. The van der Waals surface area contributed by atoms with Crippen LogP contribution in [0, 0.1) is 0 Å². The Morgan fingerprint density at radius 3 is 1.65 bits per heavy atom. The van der Waals surface area contributed by atoms with Gasteiger partial charge in [-0.2, -0.15) is 0 Å². The molecule has 252 valence electrons. The third-order valence-corrected chi connectivity index (χ3v) is 12.4. The van der Waals surface area contributed by atoms with Gasteiger partial charge in [0.05, 0.1) is 0 Å². The van der Waals surface area contributed by atoms with Crippen LogP contribution in [0.15, 0.2) is 170 Å². The molecule has 0 amide bonds. The monoisotopic (exact) mass is 686 g/mol. The number of benzene rings is 10. The first-order valence-corrected chi connectivity index (χ1v) is 18.9. The lowest BCUT2D eigenvalue weighted by atomic mass is 9.80. The van der Waals surface area contributed by atoms with Crippen molar-refractivity contribution in [1.82, 2.24) is 0 Å². The van der Waals surface area contributed by atoms with Crippen LogP contribution in [-0.2, 0) is 5.41 Å². The third-order valence-electron chi connectivity index (χ3n) is 12.4. The minimum atomic E-state index is -0.164. The summed E-state index contributed by atoms with van der Waals surface area (Å²) in [5.41, 5.74) is 15.0. The largest absolute Gasteiger partial charge is 0.456 e. The number of ether oxygens (including phenoxy) is 1. The zero-order valence-electron chi connectivity index (χ0n) is 30.1. The second-order valence-corrected chi connectivity index (χ2v) is 15.6. The minimum absolute atomic E-state index is 0.164. The van der Waals surface area contributed by atoms with Crippen molar-refractivity contribution in [3.8, 4) is 67.1 Å². The molecule has 0 saturated carbocycles. The second-order valence-electron chi connectivity index (χ2n) is 15.6. The van der Waals surface area contributed by atoms with Gasteiger partial charge in [-0.3, -0.25) is 0 Å². The molecule has 10 aromatic rings. The number of fused-ring (bicyclic) bond motifs is 5. The van der Waals surface area contributed by atoms with Crippen LogP contribution < -0.4 is 4.74 Å². The predicted octanol–water partition coefficient (Wildman–Crippen LogP) is 14.8. The first-order valence-electron chi connectivity index (χ1n) is 18.9. The Labute approximate surface area is 314 Å². The van der Waals surface area contributed by atoms with Gasteiger partial charge >= 0.3 is 0 Å². The van der Waals surface area contributed by atoms with E-state index in [2.05, 4.69) is 184 Å². The average Bonchev–Trinajstić information content (AvgIpc) is 3.45. The molecule has 12 rings (SSSR count). The summed E-state index contributed by atoms with van der Waals surface area (Å²) in [6.07, 6.45) is 0. The van der Waals surface area contributed by atoms with Crippen LogP contribution >= 0.6 is 0 Å². The van der Waals surface area contributed by atoms with E-state index in [0.29, 0.717) is 0 Å². The van der Waals surface area contributed by atoms with E-state index in [-0.39, 0.29) is 5.41 Å². The third kappa shape index (κ3) is 4.04. The Balaban J connectivity index is 0.967. The summed E-state index contributed by atoms with van der Waals surface area (Å²) in [7, 11) is 0. The second kappa shape index (κ2) is 10.7. The molecule has 2 aliphatic rings. The molecule has 0 unspecified atom stereocenters. The van der Waals surface area contributed by atoms with E-state index >= 15 is 0 Å². The highest BCUT2D eigenvalue weighted by molar-refractivity contribution is 6.25. The highest BCUT2D eigenvalue weighted by Gasteiger charge is 2.36. The molecule has 54 heavy (non-hydrogen) atoms. The van der Waals surface area contributed by atoms with Crippen LogP contribution in [0.4, 0.5) is 0 Å². The van der Waals surface area contributed by atoms with E-state index in [1.165, 1.54) is 104 Å². The summed E-state index contributed by atoms with van der Waals surface area (Å²) in [6, 6.07) is 62.9. The van der Waals surface area contributed by atoms with Gasteiger partial charge in [0.15, 0.2) is 0 Å². The molecule has 1 heteroatoms. The molecule has 1 aliphatic carbocycles. The molecular weight excluding hydrogens is 653 g/mol.